The zero-order valence-corrected chi connectivity index (χ0v) is 8.97. The van der Waals surface area contributed by atoms with Gasteiger partial charge < -0.3 is 10.4 Å². The summed E-state index contributed by atoms with van der Waals surface area (Å²) in [4.78, 5) is 0. The number of rotatable bonds is 2. The highest BCUT2D eigenvalue weighted by molar-refractivity contribution is 5.21. The average molecular weight is 227 g/mol. The van der Waals surface area contributed by atoms with Crippen molar-refractivity contribution in [3.8, 4) is 0 Å². The summed E-state index contributed by atoms with van der Waals surface area (Å²) in [5, 5.41) is 13.3. The smallest absolute Gasteiger partial charge is 0.126 e. The van der Waals surface area contributed by atoms with E-state index in [2.05, 4.69) is 5.32 Å². The lowest BCUT2D eigenvalue weighted by atomic mass is 9.87. The molecule has 0 aromatic heterocycles. The Morgan fingerprint density at radius 2 is 2.19 bits per heavy atom. The monoisotopic (exact) mass is 227 g/mol. The molecule has 0 saturated carbocycles. The van der Waals surface area contributed by atoms with Gasteiger partial charge in [-0.2, -0.15) is 0 Å². The molecule has 4 heteroatoms. The largest absolute Gasteiger partial charge is 0.388 e. The Hall–Kier alpha value is -1.00. The zero-order chi connectivity index (χ0) is 11.6. The Balaban J connectivity index is 2.15. The maximum Gasteiger partial charge on any atom is 0.126 e. The first-order chi connectivity index (χ1) is 7.59. The van der Waals surface area contributed by atoms with E-state index in [4.69, 9.17) is 0 Å². The number of hydrogen-bond acceptors (Lipinski definition) is 2. The Morgan fingerprint density at radius 1 is 1.38 bits per heavy atom. The summed E-state index contributed by atoms with van der Waals surface area (Å²) < 4.78 is 26.4. The number of aliphatic hydroxyl groups is 1. The number of β-amino-alcohol motifs (C(OH)–C–C–N with tert-alkyl or cyclic N) is 1. The summed E-state index contributed by atoms with van der Waals surface area (Å²) in [7, 11) is 0. The molecule has 1 aliphatic rings. The number of piperidine rings is 1. The molecule has 16 heavy (non-hydrogen) atoms. The predicted octanol–water partition coefficient (Wildman–Crippen LogP) is 1.62. The van der Waals surface area contributed by atoms with Gasteiger partial charge in [-0.05, 0) is 43.1 Å². The highest BCUT2D eigenvalue weighted by atomic mass is 19.1. The minimum atomic E-state index is -0.952. The van der Waals surface area contributed by atoms with Crippen LogP contribution < -0.4 is 5.32 Å². The van der Waals surface area contributed by atoms with E-state index in [1.165, 1.54) is 0 Å². The summed E-state index contributed by atoms with van der Waals surface area (Å²) in [5.74, 6) is -0.927. The standard InChI is InChI=1S/C12H15F2NO/c13-10-2-3-11(14)9(6-10)7-12(16)4-1-5-15-8-12/h2-3,6,15-16H,1,4-5,7-8H2. The Labute approximate surface area is 93.3 Å². The Kier molecular flexibility index (Phi) is 3.21. The minimum absolute atomic E-state index is 0.156. The molecular weight excluding hydrogens is 212 g/mol. The maximum absolute atomic E-state index is 13.4. The van der Waals surface area contributed by atoms with Crippen molar-refractivity contribution in [2.24, 2.45) is 0 Å². The van der Waals surface area contributed by atoms with E-state index in [9.17, 15) is 13.9 Å². The van der Waals surface area contributed by atoms with Crippen molar-refractivity contribution >= 4 is 0 Å². The van der Waals surface area contributed by atoms with Gasteiger partial charge in [0.05, 0.1) is 5.60 Å². The van der Waals surface area contributed by atoms with Crippen LogP contribution in [0.15, 0.2) is 18.2 Å². The van der Waals surface area contributed by atoms with Crippen molar-refractivity contribution in [2.75, 3.05) is 13.1 Å². The molecule has 1 aromatic rings. The van der Waals surface area contributed by atoms with E-state index < -0.39 is 17.2 Å². The summed E-state index contributed by atoms with van der Waals surface area (Å²) in [5.41, 5.74) is -0.710. The van der Waals surface area contributed by atoms with Gasteiger partial charge in [0.2, 0.25) is 0 Å². The third-order valence-electron chi connectivity index (χ3n) is 2.98. The molecule has 0 aliphatic carbocycles. The molecule has 2 nitrogen and oxygen atoms in total. The van der Waals surface area contributed by atoms with Crippen LogP contribution >= 0.6 is 0 Å². The van der Waals surface area contributed by atoms with Gasteiger partial charge in [0.1, 0.15) is 11.6 Å². The molecule has 1 saturated heterocycles. The van der Waals surface area contributed by atoms with E-state index in [0.717, 1.165) is 31.2 Å². The van der Waals surface area contributed by atoms with Crippen molar-refractivity contribution in [1.29, 1.82) is 0 Å². The van der Waals surface area contributed by atoms with Gasteiger partial charge in [-0.15, -0.1) is 0 Å². The second kappa shape index (κ2) is 4.47. The first kappa shape index (κ1) is 11.5. The lowest BCUT2D eigenvalue weighted by Gasteiger charge is -2.32. The van der Waals surface area contributed by atoms with Gasteiger partial charge in [-0.25, -0.2) is 8.78 Å². The molecule has 1 atom stereocenters. The highest BCUT2D eigenvalue weighted by Crippen LogP contribution is 2.23. The number of hydrogen-bond donors (Lipinski definition) is 2. The third kappa shape index (κ3) is 2.57. The van der Waals surface area contributed by atoms with Gasteiger partial charge in [0.15, 0.2) is 0 Å². The lowest BCUT2D eigenvalue weighted by Crippen LogP contribution is -2.47. The summed E-state index contributed by atoms with van der Waals surface area (Å²) >= 11 is 0. The normalized spacial score (nSPS) is 25.7. The second-order valence-corrected chi connectivity index (χ2v) is 4.42. The van der Waals surface area contributed by atoms with Crippen LogP contribution in [0.4, 0.5) is 8.78 Å². The van der Waals surface area contributed by atoms with Crippen molar-refractivity contribution < 1.29 is 13.9 Å². The van der Waals surface area contributed by atoms with Crippen molar-refractivity contribution in [2.45, 2.75) is 24.9 Å². The van der Waals surface area contributed by atoms with E-state index in [1.54, 1.807) is 0 Å². The number of benzene rings is 1. The minimum Gasteiger partial charge on any atom is -0.388 e. The molecule has 1 heterocycles. The van der Waals surface area contributed by atoms with Crippen LogP contribution in [-0.4, -0.2) is 23.8 Å². The van der Waals surface area contributed by atoms with Crippen molar-refractivity contribution in [3.05, 3.63) is 35.4 Å². The number of nitrogens with one attached hydrogen (secondary N) is 1. The molecular formula is C12H15F2NO. The molecule has 0 amide bonds. The van der Waals surface area contributed by atoms with Crippen LogP contribution in [0.5, 0.6) is 0 Å². The van der Waals surface area contributed by atoms with E-state index in [0.29, 0.717) is 13.0 Å². The molecule has 2 N–H and O–H groups in total. The topological polar surface area (TPSA) is 32.3 Å². The van der Waals surface area contributed by atoms with Crippen LogP contribution in [0.25, 0.3) is 0 Å². The van der Waals surface area contributed by atoms with E-state index in [1.807, 2.05) is 0 Å². The van der Waals surface area contributed by atoms with Gasteiger partial charge in [0, 0.05) is 13.0 Å². The summed E-state index contributed by atoms with van der Waals surface area (Å²) in [6, 6.07) is 3.34. The fourth-order valence-electron chi connectivity index (χ4n) is 2.14. The lowest BCUT2D eigenvalue weighted by molar-refractivity contribution is 0.0162. The maximum atomic E-state index is 13.4. The van der Waals surface area contributed by atoms with Gasteiger partial charge in [-0.1, -0.05) is 0 Å². The van der Waals surface area contributed by atoms with Crippen molar-refractivity contribution in [1.82, 2.24) is 5.32 Å². The molecule has 2 rings (SSSR count). The molecule has 88 valence electrons. The van der Waals surface area contributed by atoms with E-state index in [-0.39, 0.29) is 12.0 Å². The SMILES string of the molecule is OC1(Cc2cc(F)ccc2F)CCCNC1. The first-order valence-electron chi connectivity index (χ1n) is 5.46. The molecule has 1 aliphatic heterocycles. The van der Waals surface area contributed by atoms with Gasteiger partial charge >= 0.3 is 0 Å². The number of halogens is 2. The van der Waals surface area contributed by atoms with Crippen LogP contribution in [0.3, 0.4) is 0 Å². The van der Waals surface area contributed by atoms with Crippen LogP contribution in [-0.2, 0) is 6.42 Å². The molecule has 1 aromatic carbocycles. The molecule has 0 bridgehead atoms. The highest BCUT2D eigenvalue weighted by Gasteiger charge is 2.30. The fourth-order valence-corrected chi connectivity index (χ4v) is 2.14. The summed E-state index contributed by atoms with van der Waals surface area (Å²) in [6.07, 6.45) is 1.63. The molecule has 0 radical (unpaired) electrons. The Bertz CT molecular complexity index is 375. The quantitative estimate of drug-likeness (QED) is 0.804. The van der Waals surface area contributed by atoms with Crippen LogP contribution in [0.1, 0.15) is 18.4 Å². The zero-order valence-electron chi connectivity index (χ0n) is 8.97. The van der Waals surface area contributed by atoms with Crippen molar-refractivity contribution in [3.63, 3.8) is 0 Å². The molecule has 0 spiro atoms. The predicted molar refractivity (Wildman–Crippen MR) is 57.1 cm³/mol. The van der Waals surface area contributed by atoms with Crippen LogP contribution in [0, 0.1) is 11.6 Å². The summed E-state index contributed by atoms with van der Waals surface area (Å²) in [6.45, 7) is 1.30. The van der Waals surface area contributed by atoms with E-state index >= 15 is 0 Å². The second-order valence-electron chi connectivity index (χ2n) is 4.42. The third-order valence-corrected chi connectivity index (χ3v) is 2.98. The fraction of sp³-hybridized carbons (Fsp3) is 0.500. The van der Waals surface area contributed by atoms with Gasteiger partial charge in [0.25, 0.3) is 0 Å². The van der Waals surface area contributed by atoms with Crippen LogP contribution in [0.2, 0.25) is 0 Å². The molecule has 1 fully saturated rings. The average Bonchev–Trinajstić information content (AvgIpc) is 2.24. The Morgan fingerprint density at radius 3 is 2.88 bits per heavy atom. The first-order valence-corrected chi connectivity index (χ1v) is 5.46. The van der Waals surface area contributed by atoms with Gasteiger partial charge in [-0.3, -0.25) is 0 Å². The molecule has 1 unspecified atom stereocenters.